The van der Waals surface area contributed by atoms with Crippen molar-refractivity contribution in [2.75, 3.05) is 13.1 Å². The van der Waals surface area contributed by atoms with Crippen LogP contribution in [0.5, 0.6) is 0 Å². The van der Waals surface area contributed by atoms with Crippen molar-refractivity contribution in [3.63, 3.8) is 0 Å². The van der Waals surface area contributed by atoms with Crippen LogP contribution in [0, 0.1) is 5.92 Å². The fourth-order valence-electron chi connectivity index (χ4n) is 3.38. The maximum absolute atomic E-state index is 12.9. The molecule has 2 N–H and O–H groups in total. The van der Waals surface area contributed by atoms with E-state index in [1.165, 1.54) is 0 Å². The molecule has 1 aliphatic heterocycles. The Hall–Kier alpha value is -1.59. The largest absolute Gasteiger partial charge is 0.340 e. The number of likely N-dealkylation sites (tertiary alicyclic amines) is 1. The fraction of sp³-hybridized carbons (Fsp3) is 0.389. The lowest BCUT2D eigenvalue weighted by Crippen LogP contribution is -2.35. The summed E-state index contributed by atoms with van der Waals surface area (Å²) in [6, 6.07) is 12.3. The number of nitrogens with zero attached hydrogens (tertiary/aromatic N) is 2. The summed E-state index contributed by atoms with van der Waals surface area (Å²) in [7, 11) is 1.95. The number of carbonyl (C=O) groups excluding carboxylic acids is 1. The van der Waals surface area contributed by atoms with Crippen molar-refractivity contribution in [3.8, 4) is 11.3 Å². The van der Waals surface area contributed by atoms with Gasteiger partial charge in [-0.15, -0.1) is 0 Å². The molecule has 0 bridgehead atoms. The number of rotatable bonds is 3. The van der Waals surface area contributed by atoms with Crippen LogP contribution in [-0.2, 0) is 7.05 Å². The van der Waals surface area contributed by atoms with Gasteiger partial charge in [-0.2, -0.15) is 0 Å². The second-order valence-electron chi connectivity index (χ2n) is 6.31. The van der Waals surface area contributed by atoms with E-state index in [2.05, 4.69) is 35.0 Å². The SMILES string of the molecule is CC1CC(CN)CN1C(=O)c1ccc(-c2ccc(Br)cc2)n1C. The molecule has 3 rings (SSSR count). The Morgan fingerprint density at radius 1 is 1.26 bits per heavy atom. The van der Waals surface area contributed by atoms with Gasteiger partial charge in [-0.05, 0) is 55.6 Å². The average molecular weight is 376 g/mol. The van der Waals surface area contributed by atoms with Gasteiger partial charge in [0.2, 0.25) is 0 Å². The fourth-order valence-corrected chi connectivity index (χ4v) is 3.64. The van der Waals surface area contributed by atoms with Gasteiger partial charge in [0.1, 0.15) is 5.69 Å². The highest BCUT2D eigenvalue weighted by atomic mass is 79.9. The lowest BCUT2D eigenvalue weighted by molar-refractivity contribution is 0.0734. The maximum atomic E-state index is 12.9. The van der Waals surface area contributed by atoms with Gasteiger partial charge >= 0.3 is 0 Å². The van der Waals surface area contributed by atoms with Gasteiger partial charge in [0.25, 0.3) is 5.91 Å². The number of benzene rings is 1. The summed E-state index contributed by atoms with van der Waals surface area (Å²) in [5.41, 5.74) is 8.65. The van der Waals surface area contributed by atoms with E-state index in [9.17, 15) is 4.79 Å². The molecule has 1 aliphatic rings. The molecule has 4 nitrogen and oxygen atoms in total. The molecule has 5 heteroatoms. The lowest BCUT2D eigenvalue weighted by atomic mass is 10.1. The summed E-state index contributed by atoms with van der Waals surface area (Å²) in [5.74, 6) is 0.513. The summed E-state index contributed by atoms with van der Waals surface area (Å²) < 4.78 is 3.03. The Morgan fingerprint density at radius 2 is 1.96 bits per heavy atom. The number of carbonyl (C=O) groups is 1. The molecule has 2 atom stereocenters. The van der Waals surface area contributed by atoms with E-state index in [4.69, 9.17) is 5.73 Å². The molecule has 1 aromatic carbocycles. The van der Waals surface area contributed by atoms with Crippen molar-refractivity contribution < 1.29 is 4.79 Å². The number of hydrogen-bond acceptors (Lipinski definition) is 2. The van der Waals surface area contributed by atoms with Crippen molar-refractivity contribution >= 4 is 21.8 Å². The van der Waals surface area contributed by atoms with E-state index in [1.54, 1.807) is 0 Å². The number of nitrogens with two attached hydrogens (primary N) is 1. The van der Waals surface area contributed by atoms with E-state index in [-0.39, 0.29) is 11.9 Å². The third kappa shape index (κ3) is 3.08. The van der Waals surface area contributed by atoms with E-state index in [1.807, 2.05) is 40.8 Å². The monoisotopic (exact) mass is 375 g/mol. The molecule has 23 heavy (non-hydrogen) atoms. The number of aromatic nitrogens is 1. The van der Waals surface area contributed by atoms with Gasteiger partial charge in [-0.25, -0.2) is 0 Å². The smallest absolute Gasteiger partial charge is 0.270 e. The zero-order valence-electron chi connectivity index (χ0n) is 13.5. The molecule has 0 aliphatic carbocycles. The molecule has 1 saturated heterocycles. The first kappa shape index (κ1) is 16.3. The van der Waals surface area contributed by atoms with Crippen LogP contribution in [0.3, 0.4) is 0 Å². The van der Waals surface area contributed by atoms with Gasteiger partial charge in [-0.1, -0.05) is 28.1 Å². The molecule has 0 radical (unpaired) electrons. The molecule has 122 valence electrons. The van der Waals surface area contributed by atoms with Crippen molar-refractivity contribution in [3.05, 3.63) is 46.6 Å². The summed E-state index contributed by atoms with van der Waals surface area (Å²) in [6.07, 6.45) is 0.992. The third-order valence-corrected chi connectivity index (χ3v) is 5.27. The maximum Gasteiger partial charge on any atom is 0.270 e. The predicted molar refractivity (Wildman–Crippen MR) is 96.2 cm³/mol. The van der Waals surface area contributed by atoms with Gasteiger partial charge in [-0.3, -0.25) is 4.79 Å². The van der Waals surface area contributed by atoms with E-state index in [0.29, 0.717) is 12.5 Å². The zero-order valence-corrected chi connectivity index (χ0v) is 15.1. The summed E-state index contributed by atoms with van der Waals surface area (Å²) in [5, 5.41) is 0. The quantitative estimate of drug-likeness (QED) is 0.894. The molecule has 0 saturated carbocycles. The number of halogens is 1. The molecule has 1 amide bonds. The molecular formula is C18H22BrN3O. The zero-order chi connectivity index (χ0) is 16.6. The van der Waals surface area contributed by atoms with Crippen molar-refractivity contribution in [2.45, 2.75) is 19.4 Å². The molecule has 0 spiro atoms. The molecule has 2 aromatic rings. The lowest BCUT2D eigenvalue weighted by Gasteiger charge is -2.22. The minimum atomic E-state index is 0.0966. The Balaban J connectivity index is 1.87. The van der Waals surface area contributed by atoms with Crippen LogP contribution in [0.2, 0.25) is 0 Å². The highest BCUT2D eigenvalue weighted by Crippen LogP contribution is 2.27. The second-order valence-corrected chi connectivity index (χ2v) is 7.23. The highest BCUT2D eigenvalue weighted by molar-refractivity contribution is 9.10. The molecule has 2 heterocycles. The molecule has 2 unspecified atom stereocenters. The van der Waals surface area contributed by atoms with E-state index < -0.39 is 0 Å². The Kier molecular flexibility index (Phi) is 4.60. The van der Waals surface area contributed by atoms with E-state index in [0.717, 1.165) is 34.4 Å². The third-order valence-electron chi connectivity index (χ3n) is 4.74. The first-order valence-corrected chi connectivity index (χ1v) is 8.73. The molecule has 1 aromatic heterocycles. The Morgan fingerprint density at radius 3 is 2.57 bits per heavy atom. The normalized spacial score (nSPS) is 21.0. The summed E-state index contributed by atoms with van der Waals surface area (Å²) >= 11 is 3.45. The van der Waals surface area contributed by atoms with Gasteiger partial charge in [0.05, 0.1) is 0 Å². The van der Waals surface area contributed by atoms with Gasteiger partial charge < -0.3 is 15.2 Å². The van der Waals surface area contributed by atoms with Crippen molar-refractivity contribution in [2.24, 2.45) is 18.7 Å². The van der Waals surface area contributed by atoms with Crippen LogP contribution in [0.15, 0.2) is 40.9 Å². The Labute approximate surface area is 145 Å². The second kappa shape index (κ2) is 6.49. The minimum absolute atomic E-state index is 0.0966. The highest BCUT2D eigenvalue weighted by Gasteiger charge is 2.33. The van der Waals surface area contributed by atoms with Crippen LogP contribution in [-0.4, -0.2) is 34.5 Å². The van der Waals surface area contributed by atoms with Crippen molar-refractivity contribution in [1.29, 1.82) is 0 Å². The summed E-state index contributed by atoms with van der Waals surface area (Å²) in [4.78, 5) is 14.9. The van der Waals surface area contributed by atoms with Crippen LogP contribution in [0.4, 0.5) is 0 Å². The average Bonchev–Trinajstić information content (AvgIpc) is 3.10. The topological polar surface area (TPSA) is 51.3 Å². The first-order valence-electron chi connectivity index (χ1n) is 7.94. The summed E-state index contributed by atoms with van der Waals surface area (Å²) in [6.45, 7) is 3.51. The van der Waals surface area contributed by atoms with Crippen LogP contribution in [0.25, 0.3) is 11.3 Å². The van der Waals surface area contributed by atoms with E-state index >= 15 is 0 Å². The van der Waals surface area contributed by atoms with Gasteiger partial charge in [0.15, 0.2) is 0 Å². The number of amides is 1. The molecule has 1 fully saturated rings. The van der Waals surface area contributed by atoms with Gasteiger partial charge in [0, 0.05) is 29.8 Å². The van der Waals surface area contributed by atoms with Crippen LogP contribution in [0.1, 0.15) is 23.8 Å². The Bertz CT molecular complexity index is 708. The van der Waals surface area contributed by atoms with Crippen LogP contribution >= 0.6 is 15.9 Å². The van der Waals surface area contributed by atoms with Crippen molar-refractivity contribution in [1.82, 2.24) is 9.47 Å². The number of hydrogen-bond donors (Lipinski definition) is 1. The van der Waals surface area contributed by atoms with Crippen LogP contribution < -0.4 is 5.73 Å². The standard InChI is InChI=1S/C18H22BrN3O/c1-12-9-13(10-20)11-22(12)18(23)17-8-7-16(21(17)2)14-3-5-15(19)6-4-14/h3-8,12-13H,9-11,20H2,1-2H3. The molecular weight excluding hydrogens is 354 g/mol. The first-order chi connectivity index (χ1) is 11.0. The predicted octanol–water partition coefficient (Wildman–Crippen LogP) is 3.26. The minimum Gasteiger partial charge on any atom is -0.340 e.